The Kier molecular flexibility index (Phi) is 4.63. The lowest BCUT2D eigenvalue weighted by Gasteiger charge is -2.12. The second-order valence-corrected chi connectivity index (χ2v) is 3.67. The third kappa shape index (κ3) is 3.55. The molecule has 2 amide bonds. The van der Waals surface area contributed by atoms with E-state index in [1.807, 2.05) is 19.1 Å². The van der Waals surface area contributed by atoms with Gasteiger partial charge in [-0.15, -0.1) is 0 Å². The van der Waals surface area contributed by atoms with E-state index in [-0.39, 0.29) is 0 Å². The van der Waals surface area contributed by atoms with Crippen LogP contribution in [0.2, 0.25) is 0 Å². The average Bonchev–Trinajstić information content (AvgIpc) is 2.30. The lowest BCUT2D eigenvalue weighted by atomic mass is 10.0. The van der Waals surface area contributed by atoms with Gasteiger partial charge in [-0.05, 0) is 36.6 Å². The number of rotatable bonds is 5. The predicted octanol–water partition coefficient (Wildman–Crippen LogP) is 1.22. The van der Waals surface area contributed by atoms with Gasteiger partial charge in [0.15, 0.2) is 11.5 Å². The maximum absolute atomic E-state index is 10.6. The highest BCUT2D eigenvalue weighted by molar-refractivity contribution is 5.71. The first-order valence-corrected chi connectivity index (χ1v) is 5.33. The van der Waals surface area contributed by atoms with Gasteiger partial charge in [-0.1, -0.05) is 0 Å². The van der Waals surface area contributed by atoms with Gasteiger partial charge in [0, 0.05) is 6.54 Å². The molecule has 0 spiro atoms. The van der Waals surface area contributed by atoms with E-state index >= 15 is 0 Å². The second-order valence-electron chi connectivity index (χ2n) is 3.67. The van der Waals surface area contributed by atoms with Gasteiger partial charge in [0.2, 0.25) is 0 Å². The van der Waals surface area contributed by atoms with Crippen LogP contribution < -0.4 is 20.5 Å². The van der Waals surface area contributed by atoms with Gasteiger partial charge in [-0.25, -0.2) is 4.79 Å². The number of methoxy groups -OCH3 is 2. The fourth-order valence-electron chi connectivity index (χ4n) is 1.61. The summed E-state index contributed by atoms with van der Waals surface area (Å²) in [6.07, 6.45) is 0.703. The van der Waals surface area contributed by atoms with Gasteiger partial charge in [-0.3, -0.25) is 0 Å². The first kappa shape index (κ1) is 13.2. The number of carbonyl (C=O) groups excluding carboxylic acids is 1. The molecule has 5 heteroatoms. The number of benzene rings is 1. The summed E-state index contributed by atoms with van der Waals surface area (Å²) < 4.78 is 10.4. The van der Waals surface area contributed by atoms with Crippen molar-refractivity contribution in [2.24, 2.45) is 5.73 Å². The Morgan fingerprint density at radius 2 is 1.88 bits per heavy atom. The highest BCUT2D eigenvalue weighted by Gasteiger charge is 2.08. The minimum atomic E-state index is -0.511. The number of aryl methyl sites for hydroxylation is 1. The van der Waals surface area contributed by atoms with Crippen LogP contribution in [0.5, 0.6) is 11.5 Å². The molecule has 94 valence electrons. The van der Waals surface area contributed by atoms with E-state index < -0.39 is 6.03 Å². The Morgan fingerprint density at radius 3 is 2.41 bits per heavy atom. The molecule has 0 bridgehead atoms. The van der Waals surface area contributed by atoms with Crippen molar-refractivity contribution in [2.45, 2.75) is 13.3 Å². The molecule has 0 radical (unpaired) electrons. The predicted molar refractivity (Wildman–Crippen MR) is 65.6 cm³/mol. The van der Waals surface area contributed by atoms with E-state index in [4.69, 9.17) is 15.2 Å². The SMILES string of the molecule is COc1cc(C)c(CCNC(N)=O)cc1OC. The number of nitrogens with two attached hydrogens (primary N) is 1. The van der Waals surface area contributed by atoms with Crippen molar-refractivity contribution in [1.82, 2.24) is 5.32 Å². The lowest BCUT2D eigenvalue weighted by molar-refractivity contribution is 0.249. The van der Waals surface area contributed by atoms with Gasteiger partial charge < -0.3 is 20.5 Å². The second kappa shape index (κ2) is 5.98. The van der Waals surface area contributed by atoms with Crippen molar-refractivity contribution in [1.29, 1.82) is 0 Å². The molecule has 0 heterocycles. The number of amides is 2. The van der Waals surface area contributed by atoms with Gasteiger partial charge in [0.1, 0.15) is 0 Å². The monoisotopic (exact) mass is 238 g/mol. The van der Waals surface area contributed by atoms with E-state index in [2.05, 4.69) is 5.32 Å². The van der Waals surface area contributed by atoms with Crippen molar-refractivity contribution < 1.29 is 14.3 Å². The smallest absolute Gasteiger partial charge is 0.312 e. The van der Waals surface area contributed by atoms with Crippen molar-refractivity contribution in [3.63, 3.8) is 0 Å². The van der Waals surface area contributed by atoms with E-state index in [0.29, 0.717) is 24.5 Å². The molecule has 0 fully saturated rings. The standard InChI is InChI=1S/C12H18N2O3/c1-8-6-10(16-2)11(17-3)7-9(8)4-5-14-12(13)15/h6-7H,4-5H2,1-3H3,(H3,13,14,15). The molecule has 0 aliphatic heterocycles. The topological polar surface area (TPSA) is 73.6 Å². The normalized spacial score (nSPS) is 9.82. The summed E-state index contributed by atoms with van der Waals surface area (Å²) in [4.78, 5) is 10.6. The molecule has 0 unspecified atom stereocenters. The molecule has 0 atom stereocenters. The summed E-state index contributed by atoms with van der Waals surface area (Å²) in [7, 11) is 3.20. The lowest BCUT2D eigenvalue weighted by Crippen LogP contribution is -2.31. The zero-order valence-electron chi connectivity index (χ0n) is 10.4. The summed E-state index contributed by atoms with van der Waals surface area (Å²) in [6, 6.07) is 3.32. The zero-order valence-corrected chi connectivity index (χ0v) is 10.4. The van der Waals surface area contributed by atoms with E-state index in [1.165, 1.54) is 0 Å². The van der Waals surface area contributed by atoms with Crippen LogP contribution in [0.3, 0.4) is 0 Å². The van der Waals surface area contributed by atoms with Crippen molar-refractivity contribution in [3.8, 4) is 11.5 Å². The van der Waals surface area contributed by atoms with Crippen LogP contribution in [0.4, 0.5) is 4.79 Å². The van der Waals surface area contributed by atoms with Gasteiger partial charge in [-0.2, -0.15) is 0 Å². The number of carbonyl (C=O) groups is 1. The molecule has 0 aliphatic carbocycles. The Labute approximate surface area is 101 Å². The summed E-state index contributed by atoms with van der Waals surface area (Å²) in [5, 5.41) is 2.55. The molecule has 3 N–H and O–H groups in total. The Balaban J connectivity index is 2.81. The molecule has 0 saturated carbocycles. The van der Waals surface area contributed by atoms with E-state index in [0.717, 1.165) is 11.1 Å². The van der Waals surface area contributed by atoms with Gasteiger partial charge in [0.05, 0.1) is 14.2 Å². The van der Waals surface area contributed by atoms with E-state index in [9.17, 15) is 4.79 Å². The summed E-state index contributed by atoms with van der Waals surface area (Å²) in [6.45, 7) is 2.49. The number of hydrogen-bond donors (Lipinski definition) is 2. The fourth-order valence-corrected chi connectivity index (χ4v) is 1.61. The van der Waals surface area contributed by atoms with Gasteiger partial charge in [0.25, 0.3) is 0 Å². The largest absolute Gasteiger partial charge is 0.493 e. The number of hydrogen-bond acceptors (Lipinski definition) is 3. The van der Waals surface area contributed by atoms with Crippen LogP contribution in [0.25, 0.3) is 0 Å². The summed E-state index contributed by atoms with van der Waals surface area (Å²) >= 11 is 0. The Bertz CT molecular complexity index is 405. The molecule has 17 heavy (non-hydrogen) atoms. The maximum atomic E-state index is 10.6. The zero-order chi connectivity index (χ0) is 12.8. The molecular weight excluding hydrogens is 220 g/mol. The molecule has 0 aliphatic rings. The third-order valence-corrected chi connectivity index (χ3v) is 2.54. The third-order valence-electron chi connectivity index (χ3n) is 2.54. The quantitative estimate of drug-likeness (QED) is 0.810. The fraction of sp³-hybridized carbons (Fsp3) is 0.417. The van der Waals surface area contributed by atoms with Crippen LogP contribution in [-0.2, 0) is 6.42 Å². The molecule has 1 rings (SSSR count). The molecule has 0 saturated heterocycles. The Hall–Kier alpha value is -1.91. The first-order chi connectivity index (χ1) is 8.08. The highest BCUT2D eigenvalue weighted by atomic mass is 16.5. The van der Waals surface area contributed by atoms with Crippen LogP contribution in [0.1, 0.15) is 11.1 Å². The minimum absolute atomic E-state index is 0.506. The maximum Gasteiger partial charge on any atom is 0.312 e. The van der Waals surface area contributed by atoms with E-state index in [1.54, 1.807) is 14.2 Å². The molecule has 0 aromatic heterocycles. The highest BCUT2D eigenvalue weighted by Crippen LogP contribution is 2.30. The average molecular weight is 238 g/mol. The number of nitrogens with one attached hydrogen (secondary N) is 1. The molecule has 1 aromatic rings. The molecule has 1 aromatic carbocycles. The Morgan fingerprint density at radius 1 is 1.29 bits per heavy atom. The minimum Gasteiger partial charge on any atom is -0.493 e. The molecule has 5 nitrogen and oxygen atoms in total. The number of primary amides is 1. The van der Waals surface area contributed by atoms with Crippen LogP contribution in [0.15, 0.2) is 12.1 Å². The first-order valence-electron chi connectivity index (χ1n) is 5.33. The van der Waals surface area contributed by atoms with Crippen molar-refractivity contribution >= 4 is 6.03 Å². The van der Waals surface area contributed by atoms with Crippen molar-refractivity contribution in [3.05, 3.63) is 23.3 Å². The van der Waals surface area contributed by atoms with Gasteiger partial charge >= 0.3 is 6.03 Å². The summed E-state index contributed by atoms with van der Waals surface area (Å²) in [5.41, 5.74) is 7.19. The van der Waals surface area contributed by atoms with Crippen LogP contribution >= 0.6 is 0 Å². The van der Waals surface area contributed by atoms with Crippen molar-refractivity contribution in [2.75, 3.05) is 20.8 Å². The number of urea groups is 1. The van der Waals surface area contributed by atoms with Crippen LogP contribution in [-0.4, -0.2) is 26.8 Å². The number of ether oxygens (including phenoxy) is 2. The van der Waals surface area contributed by atoms with Crippen LogP contribution in [0, 0.1) is 6.92 Å². The molecular formula is C12H18N2O3. The summed E-state index contributed by atoms with van der Waals surface area (Å²) in [5.74, 6) is 1.39.